The lowest BCUT2D eigenvalue weighted by Gasteiger charge is -2.20. The summed E-state index contributed by atoms with van der Waals surface area (Å²) in [6.07, 6.45) is 4.94. The molecule has 7 heteroatoms. The Labute approximate surface area is 179 Å². The number of para-hydroxylation sites is 1. The Morgan fingerprint density at radius 2 is 1.83 bits per heavy atom. The summed E-state index contributed by atoms with van der Waals surface area (Å²) in [7, 11) is 7.42. The maximum atomic E-state index is 6.32. The Bertz CT molecular complexity index is 847. The second kappa shape index (κ2) is 10.7. The highest BCUT2D eigenvalue weighted by Crippen LogP contribution is 2.34. The van der Waals surface area contributed by atoms with Crippen LogP contribution in [0.5, 0.6) is 11.5 Å². The first kappa shape index (κ1) is 21.7. The van der Waals surface area contributed by atoms with E-state index in [4.69, 9.17) is 9.47 Å². The Hall–Kier alpha value is -2.96. The minimum Gasteiger partial charge on any atom is -0.493 e. The van der Waals surface area contributed by atoms with Gasteiger partial charge in [0.05, 0.1) is 25.5 Å². The number of rotatable bonds is 8. The van der Waals surface area contributed by atoms with E-state index in [2.05, 4.69) is 26.7 Å². The molecule has 2 aromatic rings. The number of aromatic nitrogens is 1. The number of benzene rings is 1. The Kier molecular flexibility index (Phi) is 7.76. The summed E-state index contributed by atoms with van der Waals surface area (Å²) in [6, 6.07) is 12.0. The van der Waals surface area contributed by atoms with Crippen LogP contribution in [0.4, 0.5) is 5.82 Å². The maximum absolute atomic E-state index is 6.32. The van der Waals surface area contributed by atoms with E-state index < -0.39 is 0 Å². The van der Waals surface area contributed by atoms with E-state index in [1.54, 1.807) is 14.2 Å². The van der Waals surface area contributed by atoms with Crippen LogP contribution < -0.4 is 25.0 Å². The molecule has 1 heterocycles. The highest BCUT2D eigenvalue weighted by atomic mass is 16.5. The van der Waals surface area contributed by atoms with E-state index >= 15 is 0 Å². The van der Waals surface area contributed by atoms with Gasteiger partial charge in [-0.05, 0) is 43.9 Å². The van der Waals surface area contributed by atoms with E-state index in [0.29, 0.717) is 19.0 Å². The van der Waals surface area contributed by atoms with Crippen LogP contribution in [0, 0.1) is 0 Å². The number of nitrogens with zero attached hydrogens (tertiary/aromatic N) is 3. The molecular formula is C23H33N5O2. The summed E-state index contributed by atoms with van der Waals surface area (Å²) in [6.45, 7) is 1.18. The zero-order valence-corrected chi connectivity index (χ0v) is 18.4. The zero-order chi connectivity index (χ0) is 21.3. The average molecular weight is 412 g/mol. The average Bonchev–Trinajstić information content (AvgIpc) is 3.28. The molecule has 1 aliphatic carbocycles. The molecule has 0 aliphatic heterocycles. The van der Waals surface area contributed by atoms with Crippen molar-refractivity contribution in [3.63, 3.8) is 0 Å². The van der Waals surface area contributed by atoms with Crippen LogP contribution in [0.25, 0.3) is 0 Å². The number of methoxy groups -OCH3 is 1. The summed E-state index contributed by atoms with van der Waals surface area (Å²) in [4.78, 5) is 11.0. The quantitative estimate of drug-likeness (QED) is 0.513. The van der Waals surface area contributed by atoms with Gasteiger partial charge in [0.25, 0.3) is 0 Å². The lowest BCUT2D eigenvalue weighted by atomic mass is 10.1. The van der Waals surface area contributed by atoms with Crippen molar-refractivity contribution in [2.75, 3.05) is 33.2 Å². The second-order valence-electron chi connectivity index (χ2n) is 7.63. The molecule has 1 aromatic carbocycles. The lowest BCUT2D eigenvalue weighted by molar-refractivity contribution is 0.198. The van der Waals surface area contributed by atoms with Crippen LogP contribution in [0.3, 0.4) is 0 Å². The van der Waals surface area contributed by atoms with Crippen LogP contribution in [0.15, 0.2) is 41.4 Å². The molecule has 30 heavy (non-hydrogen) atoms. The van der Waals surface area contributed by atoms with E-state index in [0.717, 1.165) is 41.4 Å². The van der Waals surface area contributed by atoms with Crippen molar-refractivity contribution < 1.29 is 9.47 Å². The topological polar surface area (TPSA) is 71.0 Å². The van der Waals surface area contributed by atoms with Crippen LogP contribution in [-0.2, 0) is 13.1 Å². The third-order valence-electron chi connectivity index (χ3n) is 5.22. The monoisotopic (exact) mass is 411 g/mol. The standard InChI is InChI=1S/C23H33N5O2/c1-24-23(26-16-18-10-8-14-21(27-18)28(2)3)25-15-17-9-7-13-20(29-4)22(17)30-19-11-5-6-12-19/h7-10,13-14,19H,5-6,11-12,15-16H2,1-4H3,(H2,24,25,26). The van der Waals surface area contributed by atoms with Gasteiger partial charge in [-0.3, -0.25) is 4.99 Å². The van der Waals surface area contributed by atoms with Gasteiger partial charge in [-0.1, -0.05) is 18.2 Å². The van der Waals surface area contributed by atoms with Crippen molar-refractivity contribution in [1.82, 2.24) is 15.6 Å². The molecule has 0 spiro atoms. The van der Waals surface area contributed by atoms with Gasteiger partial charge in [-0.2, -0.15) is 0 Å². The fraction of sp³-hybridized carbons (Fsp3) is 0.478. The zero-order valence-electron chi connectivity index (χ0n) is 18.4. The second-order valence-corrected chi connectivity index (χ2v) is 7.63. The van der Waals surface area contributed by atoms with Crippen molar-refractivity contribution in [2.24, 2.45) is 4.99 Å². The highest BCUT2D eigenvalue weighted by molar-refractivity contribution is 5.79. The molecule has 1 aliphatic rings. The van der Waals surface area contributed by atoms with E-state index in [-0.39, 0.29) is 6.10 Å². The largest absolute Gasteiger partial charge is 0.493 e. The van der Waals surface area contributed by atoms with Gasteiger partial charge in [0, 0.05) is 33.3 Å². The Morgan fingerprint density at radius 1 is 1.10 bits per heavy atom. The summed E-state index contributed by atoms with van der Waals surface area (Å²) in [5, 5.41) is 6.70. The molecule has 162 valence electrons. The third kappa shape index (κ3) is 5.78. The van der Waals surface area contributed by atoms with Gasteiger partial charge >= 0.3 is 0 Å². The molecule has 2 N–H and O–H groups in total. The van der Waals surface area contributed by atoms with Crippen LogP contribution >= 0.6 is 0 Å². The molecule has 0 saturated heterocycles. The molecule has 0 amide bonds. The molecule has 0 radical (unpaired) electrons. The number of hydrogen-bond acceptors (Lipinski definition) is 5. The van der Waals surface area contributed by atoms with Crippen LogP contribution in [0.2, 0.25) is 0 Å². The first-order valence-electron chi connectivity index (χ1n) is 10.5. The van der Waals surface area contributed by atoms with Gasteiger partial charge in [0.2, 0.25) is 0 Å². The number of guanidine groups is 1. The van der Waals surface area contributed by atoms with Crippen molar-refractivity contribution in [2.45, 2.75) is 44.9 Å². The van der Waals surface area contributed by atoms with Gasteiger partial charge in [-0.25, -0.2) is 4.98 Å². The fourth-order valence-electron chi connectivity index (χ4n) is 3.56. The van der Waals surface area contributed by atoms with Crippen LogP contribution in [-0.4, -0.2) is 45.3 Å². The van der Waals surface area contributed by atoms with Crippen molar-refractivity contribution in [3.8, 4) is 11.5 Å². The minimum absolute atomic E-state index is 0.271. The van der Waals surface area contributed by atoms with Gasteiger partial charge < -0.3 is 25.0 Å². The third-order valence-corrected chi connectivity index (χ3v) is 5.22. The summed E-state index contributed by atoms with van der Waals surface area (Å²) < 4.78 is 11.9. The molecule has 3 rings (SSSR count). The van der Waals surface area contributed by atoms with Gasteiger partial charge in [0.1, 0.15) is 5.82 Å². The van der Waals surface area contributed by atoms with Crippen LogP contribution in [0.1, 0.15) is 36.9 Å². The lowest BCUT2D eigenvalue weighted by Crippen LogP contribution is -2.36. The number of nitrogens with one attached hydrogen (secondary N) is 2. The molecule has 0 unspecified atom stereocenters. The fourth-order valence-corrected chi connectivity index (χ4v) is 3.56. The summed E-state index contributed by atoms with van der Waals surface area (Å²) >= 11 is 0. The number of aliphatic imine (C=N–C) groups is 1. The first-order chi connectivity index (χ1) is 14.6. The molecule has 1 fully saturated rings. The van der Waals surface area contributed by atoms with E-state index in [1.165, 1.54) is 12.8 Å². The number of pyridine rings is 1. The summed E-state index contributed by atoms with van der Waals surface area (Å²) in [5.74, 6) is 3.24. The molecule has 0 atom stereocenters. The highest BCUT2D eigenvalue weighted by Gasteiger charge is 2.20. The predicted octanol–water partition coefficient (Wildman–Crippen LogP) is 3.34. The molecule has 7 nitrogen and oxygen atoms in total. The van der Waals surface area contributed by atoms with Gasteiger partial charge in [-0.15, -0.1) is 0 Å². The Morgan fingerprint density at radius 3 is 2.53 bits per heavy atom. The molecule has 1 saturated carbocycles. The summed E-state index contributed by atoms with van der Waals surface area (Å²) in [5.41, 5.74) is 2.01. The minimum atomic E-state index is 0.271. The SMILES string of the molecule is CN=C(NCc1cccc(N(C)C)n1)NCc1cccc(OC)c1OC1CCCC1. The smallest absolute Gasteiger partial charge is 0.191 e. The molecular weight excluding hydrogens is 378 g/mol. The number of anilines is 1. The normalized spacial score (nSPS) is 14.5. The van der Waals surface area contributed by atoms with E-state index in [9.17, 15) is 0 Å². The number of hydrogen-bond donors (Lipinski definition) is 2. The molecule has 1 aromatic heterocycles. The van der Waals surface area contributed by atoms with Crippen molar-refractivity contribution in [3.05, 3.63) is 47.7 Å². The van der Waals surface area contributed by atoms with Gasteiger partial charge in [0.15, 0.2) is 17.5 Å². The Balaban J connectivity index is 1.62. The first-order valence-corrected chi connectivity index (χ1v) is 10.5. The predicted molar refractivity (Wildman–Crippen MR) is 121 cm³/mol. The maximum Gasteiger partial charge on any atom is 0.191 e. The van der Waals surface area contributed by atoms with Crippen molar-refractivity contribution >= 4 is 11.8 Å². The molecule has 0 bridgehead atoms. The van der Waals surface area contributed by atoms with E-state index in [1.807, 2.05) is 49.3 Å². The number of ether oxygens (including phenoxy) is 2. The van der Waals surface area contributed by atoms with Crippen molar-refractivity contribution in [1.29, 1.82) is 0 Å².